The van der Waals surface area contributed by atoms with Gasteiger partial charge in [0.25, 0.3) is 5.91 Å². The number of carbonyl (C=O) groups excluding carboxylic acids is 3. The summed E-state index contributed by atoms with van der Waals surface area (Å²) in [4.78, 5) is 48.5. The zero-order chi connectivity index (χ0) is 32.6. The number of hydrogen-bond acceptors (Lipinski definition) is 6. The van der Waals surface area contributed by atoms with E-state index in [0.717, 1.165) is 0 Å². The number of halogens is 3. The highest BCUT2D eigenvalue weighted by Gasteiger charge is 2.20. The summed E-state index contributed by atoms with van der Waals surface area (Å²) in [5, 5.41) is 23.5. The monoisotopic (exact) mass is 637 g/mol. The Kier molecular flexibility index (Phi) is 11.1. The zero-order valence-electron chi connectivity index (χ0n) is 23.8. The average Bonchev–Trinajstić information content (AvgIpc) is 2.96. The Morgan fingerprint density at radius 3 is 2.41 bits per heavy atom. The predicted octanol–water partition coefficient (Wildman–Crippen LogP) is 5.67. The van der Waals surface area contributed by atoms with Crippen LogP contribution in [0.2, 0.25) is 10.0 Å². The molecule has 9 nitrogen and oxygen atoms in total. The second kappa shape index (κ2) is 14.5. The summed E-state index contributed by atoms with van der Waals surface area (Å²) >= 11 is 12.1. The van der Waals surface area contributed by atoms with Crippen molar-refractivity contribution in [2.75, 3.05) is 11.9 Å². The first kappa shape index (κ1) is 33.6. The van der Waals surface area contributed by atoms with Gasteiger partial charge in [-0.1, -0.05) is 35.0 Å². The van der Waals surface area contributed by atoms with Gasteiger partial charge in [-0.3, -0.25) is 19.2 Å². The standard InChI is InChI=1S/C32H26Cl2FN3O6/c1-18-25(6-4-20(30(18)35)10-11-32(2,3)38-27(39)8-9-29(41)42)37-28(40)17-44-26-7-5-22(33)15-24(26)31(43)21-12-19(16-36)13-23(34)14-21/h4-7,12-15H,8-9,17H2,1-3H3,(H,37,40)(H,38,39)(H,41,42). The smallest absolute Gasteiger partial charge is 0.303 e. The number of ether oxygens (including phenoxy) is 1. The van der Waals surface area contributed by atoms with Crippen molar-refractivity contribution < 1.29 is 33.4 Å². The molecule has 0 heterocycles. The van der Waals surface area contributed by atoms with E-state index in [1.807, 2.05) is 6.07 Å². The molecule has 0 spiro atoms. The molecule has 0 aliphatic carbocycles. The fourth-order valence-corrected chi connectivity index (χ4v) is 4.29. The summed E-state index contributed by atoms with van der Waals surface area (Å²) in [6, 6.07) is 13.2. The first-order valence-corrected chi connectivity index (χ1v) is 13.8. The molecule has 12 heteroatoms. The van der Waals surface area contributed by atoms with E-state index in [1.54, 1.807) is 13.8 Å². The maximum Gasteiger partial charge on any atom is 0.303 e. The van der Waals surface area contributed by atoms with Crippen LogP contribution in [0.1, 0.15) is 59.3 Å². The van der Waals surface area contributed by atoms with Gasteiger partial charge in [-0.05, 0) is 69.3 Å². The minimum Gasteiger partial charge on any atom is -0.483 e. The van der Waals surface area contributed by atoms with Crippen LogP contribution in [0, 0.1) is 35.9 Å². The van der Waals surface area contributed by atoms with Crippen molar-refractivity contribution in [3.63, 3.8) is 0 Å². The number of hydrogen-bond donors (Lipinski definition) is 3. The van der Waals surface area contributed by atoms with Crippen LogP contribution in [-0.4, -0.2) is 40.8 Å². The highest BCUT2D eigenvalue weighted by Crippen LogP contribution is 2.28. The van der Waals surface area contributed by atoms with Crippen molar-refractivity contribution in [2.24, 2.45) is 0 Å². The Bertz CT molecular complexity index is 1760. The Hall–Kier alpha value is -4.90. The number of amides is 2. The lowest BCUT2D eigenvalue weighted by atomic mass is 10.0. The number of rotatable bonds is 10. The fourth-order valence-electron chi connectivity index (χ4n) is 3.88. The quantitative estimate of drug-likeness (QED) is 0.192. The van der Waals surface area contributed by atoms with Crippen molar-refractivity contribution in [3.05, 3.63) is 92.2 Å². The average molecular weight is 638 g/mol. The van der Waals surface area contributed by atoms with E-state index in [4.69, 9.17) is 33.0 Å². The third-order valence-electron chi connectivity index (χ3n) is 6.02. The second-order valence-corrected chi connectivity index (χ2v) is 10.9. The molecule has 44 heavy (non-hydrogen) atoms. The molecule has 0 saturated heterocycles. The van der Waals surface area contributed by atoms with Crippen molar-refractivity contribution in [1.82, 2.24) is 5.32 Å². The largest absolute Gasteiger partial charge is 0.483 e. The van der Waals surface area contributed by atoms with Crippen molar-refractivity contribution >= 4 is 52.5 Å². The number of benzene rings is 3. The van der Waals surface area contributed by atoms with E-state index in [2.05, 4.69) is 22.5 Å². The lowest BCUT2D eigenvalue weighted by molar-refractivity contribution is -0.139. The highest BCUT2D eigenvalue weighted by molar-refractivity contribution is 6.32. The first-order chi connectivity index (χ1) is 20.7. The molecule has 0 atom stereocenters. The van der Waals surface area contributed by atoms with Gasteiger partial charge >= 0.3 is 5.97 Å². The summed E-state index contributed by atoms with van der Waals surface area (Å²) in [5.74, 6) is 2.03. The maximum absolute atomic E-state index is 15.1. The van der Waals surface area contributed by atoms with Crippen LogP contribution in [-0.2, 0) is 14.4 Å². The van der Waals surface area contributed by atoms with E-state index in [0.29, 0.717) is 0 Å². The second-order valence-electron chi connectivity index (χ2n) is 10.1. The summed E-state index contributed by atoms with van der Waals surface area (Å²) < 4.78 is 20.7. The van der Waals surface area contributed by atoms with Crippen LogP contribution in [0.25, 0.3) is 0 Å². The van der Waals surface area contributed by atoms with Gasteiger partial charge < -0.3 is 20.5 Å². The molecule has 3 aromatic carbocycles. The third kappa shape index (κ3) is 9.30. The first-order valence-electron chi connectivity index (χ1n) is 13.0. The number of anilines is 1. The van der Waals surface area contributed by atoms with Crippen LogP contribution >= 0.6 is 23.2 Å². The lowest BCUT2D eigenvalue weighted by Gasteiger charge is -2.19. The van der Waals surface area contributed by atoms with Gasteiger partial charge in [0.1, 0.15) is 11.6 Å². The van der Waals surface area contributed by atoms with Crippen molar-refractivity contribution in [1.29, 1.82) is 5.26 Å². The number of nitrogens with one attached hydrogen (secondary N) is 2. The minimum absolute atomic E-state index is 0.0227. The fraction of sp³-hybridized carbons (Fsp3) is 0.219. The number of carboxylic acids is 1. The molecule has 3 aromatic rings. The Labute approximate surface area is 262 Å². The molecular formula is C32H26Cl2FN3O6. The summed E-state index contributed by atoms with van der Waals surface area (Å²) in [5.41, 5.74) is -0.413. The Balaban J connectivity index is 1.71. The molecular weight excluding hydrogens is 612 g/mol. The van der Waals surface area contributed by atoms with Gasteiger partial charge in [0.15, 0.2) is 12.4 Å². The topological polar surface area (TPSA) is 146 Å². The molecule has 0 fully saturated rings. The Morgan fingerprint density at radius 1 is 1.00 bits per heavy atom. The third-order valence-corrected chi connectivity index (χ3v) is 6.48. The summed E-state index contributed by atoms with van der Waals surface area (Å²) in [6.45, 7) is 4.11. The van der Waals surface area contributed by atoms with Gasteiger partial charge in [0, 0.05) is 33.3 Å². The number of ketones is 1. The number of nitriles is 1. The molecule has 0 aromatic heterocycles. The normalized spacial score (nSPS) is 10.6. The van der Waals surface area contributed by atoms with E-state index in [9.17, 15) is 24.4 Å². The van der Waals surface area contributed by atoms with Crippen LogP contribution in [0.15, 0.2) is 48.5 Å². The van der Waals surface area contributed by atoms with Crippen molar-refractivity contribution in [2.45, 2.75) is 39.2 Å². The summed E-state index contributed by atoms with van der Waals surface area (Å²) in [6.07, 6.45) is -0.541. The molecule has 0 bridgehead atoms. The van der Waals surface area contributed by atoms with Gasteiger partial charge in [0.2, 0.25) is 5.91 Å². The number of aliphatic carboxylic acids is 1. The van der Waals surface area contributed by atoms with Gasteiger partial charge in [-0.15, -0.1) is 0 Å². The zero-order valence-corrected chi connectivity index (χ0v) is 25.3. The van der Waals surface area contributed by atoms with E-state index in [-0.39, 0.29) is 62.1 Å². The Morgan fingerprint density at radius 2 is 1.73 bits per heavy atom. The number of nitrogens with zero attached hydrogens (tertiary/aromatic N) is 1. The SMILES string of the molecule is Cc1c(NC(=O)COc2ccc(Cl)cc2C(=O)c2cc(Cl)cc(C#N)c2)ccc(C#CC(C)(C)NC(=O)CCC(=O)O)c1F. The van der Waals surface area contributed by atoms with Crippen LogP contribution in [0.4, 0.5) is 10.1 Å². The molecule has 0 aliphatic rings. The molecule has 226 valence electrons. The van der Waals surface area contributed by atoms with Crippen molar-refractivity contribution in [3.8, 4) is 23.7 Å². The molecule has 3 rings (SSSR count). The van der Waals surface area contributed by atoms with Gasteiger partial charge in [0.05, 0.1) is 34.7 Å². The van der Waals surface area contributed by atoms with Gasteiger partial charge in [-0.25, -0.2) is 4.39 Å². The predicted molar refractivity (Wildman–Crippen MR) is 162 cm³/mol. The lowest BCUT2D eigenvalue weighted by Crippen LogP contribution is -2.42. The maximum atomic E-state index is 15.1. The summed E-state index contributed by atoms with van der Waals surface area (Å²) in [7, 11) is 0. The molecule has 2 amide bonds. The number of carboxylic acid groups (broad SMARTS) is 1. The minimum atomic E-state index is -1.10. The molecule has 0 saturated carbocycles. The van der Waals surface area contributed by atoms with E-state index >= 15 is 4.39 Å². The highest BCUT2D eigenvalue weighted by atomic mass is 35.5. The van der Waals surface area contributed by atoms with Crippen LogP contribution < -0.4 is 15.4 Å². The molecule has 0 unspecified atom stereocenters. The van der Waals surface area contributed by atoms with Gasteiger partial charge in [-0.2, -0.15) is 5.26 Å². The van der Waals surface area contributed by atoms with E-state index in [1.165, 1.54) is 55.5 Å². The van der Waals surface area contributed by atoms with E-state index < -0.39 is 41.5 Å². The van der Waals surface area contributed by atoms with Crippen LogP contribution in [0.3, 0.4) is 0 Å². The molecule has 3 N–H and O–H groups in total. The number of carbonyl (C=O) groups is 4. The molecule has 0 aliphatic heterocycles. The van der Waals surface area contributed by atoms with Crippen LogP contribution in [0.5, 0.6) is 5.75 Å². The molecule has 0 radical (unpaired) electrons.